The van der Waals surface area contributed by atoms with Crippen LogP contribution in [-0.4, -0.2) is 29.4 Å². The summed E-state index contributed by atoms with van der Waals surface area (Å²) in [5, 5.41) is 12.0. The first kappa shape index (κ1) is 17.0. The summed E-state index contributed by atoms with van der Waals surface area (Å²) < 4.78 is 13.4. The number of halogens is 1. The summed E-state index contributed by atoms with van der Waals surface area (Å²) >= 11 is 1.33. The molecule has 20 heavy (non-hydrogen) atoms. The van der Waals surface area contributed by atoms with Gasteiger partial charge < -0.3 is 10.4 Å². The first-order valence-electron chi connectivity index (χ1n) is 6.80. The van der Waals surface area contributed by atoms with E-state index in [1.807, 2.05) is 13.8 Å². The van der Waals surface area contributed by atoms with Gasteiger partial charge in [0.1, 0.15) is 5.82 Å². The van der Waals surface area contributed by atoms with Crippen LogP contribution in [0.15, 0.2) is 29.2 Å². The van der Waals surface area contributed by atoms with Crippen LogP contribution in [0.5, 0.6) is 0 Å². The maximum atomic E-state index is 13.4. The molecule has 1 unspecified atom stereocenters. The zero-order valence-corrected chi connectivity index (χ0v) is 12.8. The molecule has 0 saturated heterocycles. The fraction of sp³-hybridized carbons (Fsp3) is 0.533. The van der Waals surface area contributed by atoms with Gasteiger partial charge in [-0.1, -0.05) is 26.0 Å². The molecule has 2 N–H and O–H groups in total. The smallest absolute Gasteiger partial charge is 0.221 e. The molecule has 5 heteroatoms. The molecule has 1 aromatic rings. The maximum absolute atomic E-state index is 13.4. The number of benzene rings is 1. The Labute approximate surface area is 124 Å². The zero-order chi connectivity index (χ0) is 15.0. The molecule has 0 bridgehead atoms. The van der Waals surface area contributed by atoms with Crippen LogP contribution in [0.3, 0.4) is 0 Å². The van der Waals surface area contributed by atoms with Crippen molar-refractivity contribution in [1.29, 1.82) is 0 Å². The molecule has 1 amide bonds. The van der Waals surface area contributed by atoms with E-state index in [0.29, 0.717) is 23.0 Å². The van der Waals surface area contributed by atoms with Crippen molar-refractivity contribution < 1.29 is 14.3 Å². The number of aliphatic hydroxyl groups is 1. The lowest BCUT2D eigenvalue weighted by Gasteiger charge is -2.18. The maximum Gasteiger partial charge on any atom is 0.221 e. The predicted molar refractivity (Wildman–Crippen MR) is 80.2 cm³/mol. The second kappa shape index (κ2) is 8.97. The second-order valence-electron chi connectivity index (χ2n) is 5.11. The summed E-state index contributed by atoms with van der Waals surface area (Å²) in [6.45, 7) is 4.04. The van der Waals surface area contributed by atoms with E-state index in [2.05, 4.69) is 5.32 Å². The number of hydrogen-bond donors (Lipinski definition) is 2. The van der Waals surface area contributed by atoms with Crippen molar-refractivity contribution >= 4 is 17.7 Å². The molecular formula is C15H22FNO2S. The fourth-order valence-corrected chi connectivity index (χ4v) is 2.75. The Morgan fingerprint density at radius 1 is 1.40 bits per heavy atom. The summed E-state index contributed by atoms with van der Waals surface area (Å²) in [5.74, 6) is 0.576. The summed E-state index contributed by atoms with van der Waals surface area (Å²) in [6, 6.07) is 6.33. The van der Waals surface area contributed by atoms with Crippen molar-refractivity contribution in [3.63, 3.8) is 0 Å². The minimum Gasteiger partial charge on any atom is -0.394 e. The summed E-state index contributed by atoms with van der Waals surface area (Å²) in [4.78, 5) is 12.3. The number of carbonyl (C=O) groups is 1. The molecule has 0 aromatic heterocycles. The third-order valence-electron chi connectivity index (χ3n) is 2.76. The highest BCUT2D eigenvalue weighted by molar-refractivity contribution is 7.99. The third kappa shape index (κ3) is 6.39. The number of aliphatic hydroxyl groups excluding tert-OH is 1. The van der Waals surface area contributed by atoms with E-state index in [1.54, 1.807) is 18.2 Å². The third-order valence-corrected chi connectivity index (χ3v) is 3.82. The summed E-state index contributed by atoms with van der Waals surface area (Å²) in [7, 11) is 0. The molecule has 0 heterocycles. The van der Waals surface area contributed by atoms with Gasteiger partial charge in [-0.05, 0) is 24.5 Å². The van der Waals surface area contributed by atoms with Crippen molar-refractivity contribution in [2.75, 3.05) is 12.4 Å². The van der Waals surface area contributed by atoms with Crippen molar-refractivity contribution in [1.82, 2.24) is 5.32 Å². The van der Waals surface area contributed by atoms with E-state index in [0.717, 1.165) is 6.42 Å². The topological polar surface area (TPSA) is 49.3 Å². The van der Waals surface area contributed by atoms with E-state index >= 15 is 0 Å². The second-order valence-corrected chi connectivity index (χ2v) is 6.24. The molecule has 112 valence electrons. The number of amides is 1. The average Bonchev–Trinajstić information content (AvgIpc) is 2.39. The Morgan fingerprint density at radius 3 is 2.70 bits per heavy atom. The highest BCUT2D eigenvalue weighted by Crippen LogP contribution is 2.21. The first-order valence-corrected chi connectivity index (χ1v) is 7.79. The molecule has 0 saturated carbocycles. The van der Waals surface area contributed by atoms with Crippen LogP contribution in [0.4, 0.5) is 4.39 Å². The van der Waals surface area contributed by atoms with Gasteiger partial charge >= 0.3 is 0 Å². The molecule has 0 aliphatic heterocycles. The standard InChI is InChI=1S/C15H22FNO2S/c1-11(2)9-12(10-18)17-15(19)7-8-20-14-6-4-3-5-13(14)16/h3-6,11-12,18H,7-10H2,1-2H3,(H,17,19). The van der Waals surface area contributed by atoms with Gasteiger partial charge in [0, 0.05) is 17.1 Å². The highest BCUT2D eigenvalue weighted by Gasteiger charge is 2.13. The normalized spacial score (nSPS) is 12.4. The lowest BCUT2D eigenvalue weighted by atomic mass is 10.0. The Morgan fingerprint density at radius 2 is 2.10 bits per heavy atom. The lowest BCUT2D eigenvalue weighted by molar-refractivity contribution is -0.121. The van der Waals surface area contributed by atoms with E-state index in [1.165, 1.54) is 17.8 Å². The van der Waals surface area contributed by atoms with Gasteiger partial charge in [-0.15, -0.1) is 11.8 Å². The monoisotopic (exact) mass is 299 g/mol. The molecule has 0 radical (unpaired) electrons. The largest absolute Gasteiger partial charge is 0.394 e. The van der Waals surface area contributed by atoms with Gasteiger partial charge in [-0.2, -0.15) is 0 Å². The molecule has 1 aromatic carbocycles. The average molecular weight is 299 g/mol. The van der Waals surface area contributed by atoms with Crippen molar-refractivity contribution in [2.24, 2.45) is 5.92 Å². The Balaban J connectivity index is 2.31. The predicted octanol–water partition coefficient (Wildman–Crippen LogP) is 2.83. The van der Waals surface area contributed by atoms with Crippen LogP contribution in [0.1, 0.15) is 26.7 Å². The lowest BCUT2D eigenvalue weighted by Crippen LogP contribution is -2.38. The molecule has 0 aliphatic carbocycles. The van der Waals surface area contributed by atoms with Crippen LogP contribution in [0.2, 0.25) is 0 Å². The molecule has 1 atom stereocenters. The quantitative estimate of drug-likeness (QED) is 0.726. The van der Waals surface area contributed by atoms with Crippen LogP contribution >= 0.6 is 11.8 Å². The summed E-state index contributed by atoms with van der Waals surface area (Å²) in [6.07, 6.45) is 1.07. The van der Waals surface area contributed by atoms with E-state index < -0.39 is 0 Å². The van der Waals surface area contributed by atoms with Crippen LogP contribution < -0.4 is 5.32 Å². The van der Waals surface area contributed by atoms with Gasteiger partial charge in [-0.25, -0.2) is 4.39 Å². The Hall–Kier alpha value is -1.07. The number of rotatable bonds is 8. The highest BCUT2D eigenvalue weighted by atomic mass is 32.2. The first-order chi connectivity index (χ1) is 9.52. The van der Waals surface area contributed by atoms with E-state index in [4.69, 9.17) is 0 Å². The van der Waals surface area contributed by atoms with Crippen molar-refractivity contribution in [3.05, 3.63) is 30.1 Å². The molecular weight excluding hydrogens is 277 g/mol. The number of nitrogens with one attached hydrogen (secondary N) is 1. The molecule has 3 nitrogen and oxygen atoms in total. The Kier molecular flexibility index (Phi) is 7.62. The van der Waals surface area contributed by atoms with Crippen LogP contribution in [0.25, 0.3) is 0 Å². The fourth-order valence-electron chi connectivity index (χ4n) is 1.86. The number of carbonyl (C=O) groups excluding carboxylic acids is 1. The zero-order valence-electron chi connectivity index (χ0n) is 11.9. The van der Waals surface area contributed by atoms with E-state index in [-0.39, 0.29) is 24.4 Å². The van der Waals surface area contributed by atoms with Gasteiger partial charge in [0.25, 0.3) is 0 Å². The SMILES string of the molecule is CC(C)CC(CO)NC(=O)CCSc1ccccc1F. The molecule has 0 spiro atoms. The molecule has 0 fully saturated rings. The minimum absolute atomic E-state index is 0.0512. The van der Waals surface area contributed by atoms with Crippen LogP contribution in [0, 0.1) is 11.7 Å². The van der Waals surface area contributed by atoms with Gasteiger partial charge in [-0.3, -0.25) is 4.79 Å². The number of hydrogen-bond acceptors (Lipinski definition) is 3. The van der Waals surface area contributed by atoms with E-state index in [9.17, 15) is 14.3 Å². The molecule has 1 rings (SSSR count). The Bertz CT molecular complexity index is 426. The minimum atomic E-state index is -0.258. The molecule has 0 aliphatic rings. The van der Waals surface area contributed by atoms with Gasteiger partial charge in [0.05, 0.1) is 12.6 Å². The number of thioether (sulfide) groups is 1. The van der Waals surface area contributed by atoms with Crippen molar-refractivity contribution in [3.8, 4) is 0 Å². The van der Waals surface area contributed by atoms with Gasteiger partial charge in [0.2, 0.25) is 5.91 Å². The van der Waals surface area contributed by atoms with Crippen molar-refractivity contribution in [2.45, 2.75) is 37.6 Å². The van der Waals surface area contributed by atoms with Gasteiger partial charge in [0.15, 0.2) is 0 Å². The van der Waals surface area contributed by atoms with Crippen LogP contribution in [-0.2, 0) is 4.79 Å². The summed E-state index contributed by atoms with van der Waals surface area (Å²) in [5.41, 5.74) is 0.